The monoisotopic (exact) mass is 190 g/mol. The molecule has 0 heterocycles. The molecule has 4 heteroatoms. The highest BCUT2D eigenvalue weighted by atomic mass is 32.2. The second-order valence-electron chi connectivity index (χ2n) is 3.93. The highest BCUT2D eigenvalue weighted by Crippen LogP contribution is 2.27. The van der Waals surface area contributed by atoms with Gasteiger partial charge in [-0.1, -0.05) is 6.92 Å². The van der Waals surface area contributed by atoms with Crippen LogP contribution in [0.2, 0.25) is 0 Å². The van der Waals surface area contributed by atoms with E-state index in [9.17, 15) is 4.21 Å². The van der Waals surface area contributed by atoms with Gasteiger partial charge in [0.25, 0.3) is 0 Å². The summed E-state index contributed by atoms with van der Waals surface area (Å²) in [4.78, 5) is 0. The van der Waals surface area contributed by atoms with Gasteiger partial charge in [0.15, 0.2) is 0 Å². The molecule has 0 amide bonds. The Morgan fingerprint density at radius 1 is 1.50 bits per heavy atom. The van der Waals surface area contributed by atoms with E-state index in [0.717, 1.165) is 6.42 Å². The van der Waals surface area contributed by atoms with Crippen molar-refractivity contribution < 1.29 is 4.21 Å². The van der Waals surface area contributed by atoms with Crippen LogP contribution in [0.1, 0.15) is 33.6 Å². The molecule has 1 fully saturated rings. The minimum atomic E-state index is -2.54. The van der Waals surface area contributed by atoms with Crippen molar-refractivity contribution in [3.8, 4) is 0 Å². The average Bonchev–Trinajstić information content (AvgIpc) is 1.97. The van der Waals surface area contributed by atoms with Crippen LogP contribution in [0, 0.1) is 10.7 Å². The number of hydrogen-bond acceptors (Lipinski definition) is 2. The first kappa shape index (κ1) is 9.99. The third kappa shape index (κ3) is 1.98. The van der Waals surface area contributed by atoms with Crippen molar-refractivity contribution in [3.63, 3.8) is 0 Å². The minimum absolute atomic E-state index is 0.0923. The summed E-state index contributed by atoms with van der Waals surface area (Å²) in [6, 6.07) is 0.317. The van der Waals surface area contributed by atoms with Gasteiger partial charge in [0.2, 0.25) is 0 Å². The van der Waals surface area contributed by atoms with Crippen LogP contribution in [-0.4, -0.2) is 15.5 Å². The van der Waals surface area contributed by atoms with Crippen LogP contribution in [0.15, 0.2) is 0 Å². The van der Waals surface area contributed by atoms with E-state index >= 15 is 0 Å². The van der Waals surface area contributed by atoms with Gasteiger partial charge in [-0.05, 0) is 32.6 Å². The third-order valence-electron chi connectivity index (χ3n) is 2.61. The van der Waals surface area contributed by atoms with Crippen molar-refractivity contribution in [3.05, 3.63) is 0 Å². The zero-order valence-electron chi connectivity index (χ0n) is 7.96. The Morgan fingerprint density at radius 2 is 2.08 bits per heavy atom. The molecule has 12 heavy (non-hydrogen) atoms. The zero-order chi connectivity index (χ0) is 9.35. The molecule has 72 valence electrons. The van der Waals surface area contributed by atoms with Gasteiger partial charge < -0.3 is 0 Å². The number of rotatable bonds is 3. The van der Waals surface area contributed by atoms with E-state index in [2.05, 4.69) is 11.6 Å². The molecule has 0 bridgehead atoms. The van der Waals surface area contributed by atoms with E-state index in [-0.39, 0.29) is 5.25 Å². The zero-order valence-corrected chi connectivity index (χ0v) is 8.78. The lowest BCUT2D eigenvalue weighted by atomic mass is 9.82. The van der Waals surface area contributed by atoms with Crippen LogP contribution in [0.25, 0.3) is 0 Å². The van der Waals surface area contributed by atoms with Crippen molar-refractivity contribution >= 4 is 9.92 Å². The molecule has 3 atom stereocenters. The predicted octanol–water partition coefficient (Wildman–Crippen LogP) is 1.74. The molecule has 1 rings (SSSR count). The predicted molar refractivity (Wildman–Crippen MR) is 51.3 cm³/mol. The molecular formula is C8H18N2OS. The third-order valence-corrected chi connectivity index (χ3v) is 4.59. The number of nitrogens with one attached hydrogen (secondary N) is 2. The first-order valence-corrected chi connectivity index (χ1v) is 6.10. The maximum Gasteiger partial charge on any atom is 0.107 e. The van der Waals surface area contributed by atoms with E-state index in [1.54, 1.807) is 0 Å². The highest BCUT2D eigenvalue weighted by molar-refractivity contribution is 7.91. The lowest BCUT2D eigenvalue weighted by Crippen LogP contribution is -2.47. The Hall–Kier alpha value is -0.0900. The quantitative estimate of drug-likeness (QED) is 0.700. The van der Waals surface area contributed by atoms with Gasteiger partial charge in [-0.25, -0.2) is 13.7 Å². The SMILES string of the molecule is CC1CCC1NS(=N)(=O)C(C)C. The van der Waals surface area contributed by atoms with Crippen molar-refractivity contribution in [1.82, 2.24) is 4.72 Å². The molecule has 1 aliphatic rings. The molecule has 1 saturated carbocycles. The van der Waals surface area contributed by atoms with E-state index in [1.807, 2.05) is 13.8 Å². The van der Waals surface area contributed by atoms with Gasteiger partial charge in [-0.15, -0.1) is 0 Å². The summed E-state index contributed by atoms with van der Waals surface area (Å²) in [6.45, 7) is 5.79. The van der Waals surface area contributed by atoms with Crippen LogP contribution < -0.4 is 4.72 Å². The van der Waals surface area contributed by atoms with Gasteiger partial charge in [0.05, 0.1) is 5.25 Å². The Kier molecular flexibility index (Phi) is 2.78. The summed E-state index contributed by atoms with van der Waals surface area (Å²) in [5.74, 6) is 0.593. The fraction of sp³-hybridized carbons (Fsp3) is 1.00. The van der Waals surface area contributed by atoms with Crippen molar-refractivity contribution in [2.24, 2.45) is 5.92 Å². The van der Waals surface area contributed by atoms with Crippen molar-refractivity contribution in [2.45, 2.75) is 44.9 Å². The summed E-state index contributed by atoms with van der Waals surface area (Å²) in [5, 5.41) is -0.0923. The second kappa shape index (κ2) is 3.34. The Balaban J connectivity index is 2.51. The topological polar surface area (TPSA) is 53.0 Å². The summed E-state index contributed by atoms with van der Waals surface area (Å²) in [7, 11) is -2.54. The lowest BCUT2D eigenvalue weighted by molar-refractivity contribution is 0.262. The van der Waals surface area contributed by atoms with Crippen LogP contribution in [0.4, 0.5) is 0 Å². The van der Waals surface area contributed by atoms with Crippen LogP contribution in [0.5, 0.6) is 0 Å². The van der Waals surface area contributed by atoms with Gasteiger partial charge >= 0.3 is 0 Å². The first-order chi connectivity index (χ1) is 5.43. The molecule has 3 unspecified atom stereocenters. The average molecular weight is 190 g/mol. The normalized spacial score (nSPS) is 34.3. The van der Waals surface area contributed by atoms with E-state index < -0.39 is 9.92 Å². The van der Waals surface area contributed by atoms with Crippen molar-refractivity contribution in [1.29, 1.82) is 4.78 Å². The molecule has 0 spiro atoms. The molecule has 0 aromatic heterocycles. The lowest BCUT2D eigenvalue weighted by Gasteiger charge is -2.35. The molecule has 2 N–H and O–H groups in total. The maximum absolute atomic E-state index is 11.6. The first-order valence-electron chi connectivity index (χ1n) is 4.48. The maximum atomic E-state index is 11.6. The summed E-state index contributed by atoms with van der Waals surface area (Å²) >= 11 is 0. The number of hydrogen-bond donors (Lipinski definition) is 2. The van der Waals surface area contributed by atoms with Crippen LogP contribution >= 0.6 is 0 Å². The van der Waals surface area contributed by atoms with E-state index in [0.29, 0.717) is 12.0 Å². The molecule has 0 radical (unpaired) electrons. The van der Waals surface area contributed by atoms with E-state index in [1.165, 1.54) is 6.42 Å². The summed E-state index contributed by atoms with van der Waals surface area (Å²) < 4.78 is 22.1. The molecule has 0 aliphatic heterocycles. The molecular weight excluding hydrogens is 172 g/mol. The smallest absolute Gasteiger partial charge is 0.107 e. The van der Waals surface area contributed by atoms with Gasteiger partial charge in [0.1, 0.15) is 9.92 Å². The second-order valence-corrected chi connectivity index (χ2v) is 6.31. The Morgan fingerprint density at radius 3 is 2.33 bits per heavy atom. The Bertz CT molecular complexity index is 246. The standard InChI is InChI=1S/C8H18N2OS/c1-6(2)12(9,11)10-8-5-4-7(8)3/h6-8H,4-5H2,1-3H3,(H2,9,10,11). The summed E-state index contributed by atoms with van der Waals surface area (Å²) in [5.41, 5.74) is 0. The summed E-state index contributed by atoms with van der Waals surface area (Å²) in [6.07, 6.45) is 2.27. The van der Waals surface area contributed by atoms with Gasteiger partial charge in [0, 0.05) is 6.04 Å². The van der Waals surface area contributed by atoms with Crippen LogP contribution in [-0.2, 0) is 9.92 Å². The largest absolute Gasteiger partial charge is 0.240 e. The van der Waals surface area contributed by atoms with Crippen LogP contribution in [0.3, 0.4) is 0 Å². The van der Waals surface area contributed by atoms with Gasteiger partial charge in [-0.3, -0.25) is 0 Å². The van der Waals surface area contributed by atoms with Gasteiger partial charge in [-0.2, -0.15) is 0 Å². The molecule has 3 nitrogen and oxygen atoms in total. The fourth-order valence-corrected chi connectivity index (χ4v) is 2.27. The fourth-order valence-electron chi connectivity index (χ4n) is 1.20. The van der Waals surface area contributed by atoms with E-state index in [4.69, 9.17) is 4.78 Å². The Labute approximate surface area is 75.0 Å². The molecule has 1 aliphatic carbocycles. The highest BCUT2D eigenvalue weighted by Gasteiger charge is 2.29. The minimum Gasteiger partial charge on any atom is -0.240 e. The molecule has 0 aromatic carbocycles. The van der Waals surface area contributed by atoms with Crippen molar-refractivity contribution in [2.75, 3.05) is 0 Å². The molecule has 0 saturated heterocycles. The molecule has 0 aromatic rings.